The molecule has 4 nitrogen and oxygen atoms in total. The van der Waals surface area contributed by atoms with E-state index in [0.717, 1.165) is 29.4 Å². The molecular weight excluding hydrogens is 216 g/mol. The van der Waals surface area contributed by atoms with E-state index in [2.05, 4.69) is 0 Å². The van der Waals surface area contributed by atoms with Crippen LogP contribution in [-0.2, 0) is 12.8 Å². The van der Waals surface area contributed by atoms with E-state index in [1.165, 1.54) is 6.07 Å². The van der Waals surface area contributed by atoms with Gasteiger partial charge in [-0.2, -0.15) is 5.26 Å². The molecule has 3 rings (SSSR count). The first-order valence-electron chi connectivity index (χ1n) is 5.34. The lowest BCUT2D eigenvalue weighted by atomic mass is 9.99. The van der Waals surface area contributed by atoms with Gasteiger partial charge >= 0.3 is 0 Å². The van der Waals surface area contributed by atoms with Gasteiger partial charge in [-0.1, -0.05) is 12.1 Å². The van der Waals surface area contributed by atoms with Crippen molar-refractivity contribution < 1.29 is 4.92 Å². The van der Waals surface area contributed by atoms with E-state index < -0.39 is 4.92 Å². The Labute approximate surface area is 97.2 Å². The minimum absolute atomic E-state index is 0.0315. The van der Waals surface area contributed by atoms with E-state index in [0.29, 0.717) is 10.9 Å². The second-order valence-electron chi connectivity index (χ2n) is 4.13. The molecular formula is C13H8N2O2. The predicted octanol–water partition coefficient (Wildman–Crippen LogP) is 2.72. The van der Waals surface area contributed by atoms with Gasteiger partial charge in [0.05, 0.1) is 15.9 Å². The zero-order chi connectivity index (χ0) is 12.0. The zero-order valence-electron chi connectivity index (χ0n) is 8.93. The molecule has 0 aliphatic heterocycles. The van der Waals surface area contributed by atoms with Gasteiger partial charge in [0.15, 0.2) is 0 Å². The van der Waals surface area contributed by atoms with Crippen LogP contribution < -0.4 is 0 Å². The third-order valence-electron chi connectivity index (χ3n) is 3.29. The van der Waals surface area contributed by atoms with Crippen molar-refractivity contribution in [3.05, 3.63) is 51.1 Å². The first kappa shape index (κ1) is 9.79. The van der Waals surface area contributed by atoms with Crippen LogP contribution >= 0.6 is 0 Å². The second-order valence-corrected chi connectivity index (χ2v) is 4.13. The number of hydrogen-bond donors (Lipinski definition) is 0. The Morgan fingerprint density at radius 2 is 1.76 bits per heavy atom. The van der Waals surface area contributed by atoms with Crippen molar-refractivity contribution in [3.63, 3.8) is 0 Å². The monoisotopic (exact) mass is 224 g/mol. The number of aryl methyl sites for hydroxylation is 2. The molecule has 0 bridgehead atoms. The first-order chi connectivity index (χ1) is 8.22. The molecule has 2 aromatic carbocycles. The molecule has 1 aliphatic carbocycles. The van der Waals surface area contributed by atoms with Crippen molar-refractivity contribution in [2.75, 3.05) is 0 Å². The van der Waals surface area contributed by atoms with Crippen LogP contribution in [0.2, 0.25) is 0 Å². The lowest BCUT2D eigenvalue weighted by Gasteiger charge is -2.04. The Balaban J connectivity index is 2.56. The summed E-state index contributed by atoms with van der Waals surface area (Å²) >= 11 is 0. The summed E-state index contributed by atoms with van der Waals surface area (Å²) in [4.78, 5) is 10.6. The molecule has 2 aromatic rings. The van der Waals surface area contributed by atoms with Gasteiger partial charge in [0.2, 0.25) is 0 Å². The molecule has 1 aliphatic rings. The molecule has 0 unspecified atom stereocenters. The summed E-state index contributed by atoms with van der Waals surface area (Å²) in [6.07, 6.45) is 1.80. The van der Waals surface area contributed by atoms with E-state index >= 15 is 0 Å². The largest absolute Gasteiger partial charge is 0.278 e. The Morgan fingerprint density at radius 3 is 2.35 bits per heavy atom. The van der Waals surface area contributed by atoms with E-state index in [1.807, 2.05) is 12.1 Å². The molecule has 4 heteroatoms. The van der Waals surface area contributed by atoms with Crippen molar-refractivity contribution in [2.24, 2.45) is 0 Å². The molecule has 0 spiro atoms. The highest BCUT2D eigenvalue weighted by Gasteiger charge is 2.23. The maximum absolute atomic E-state index is 11.0. The van der Waals surface area contributed by atoms with Crippen molar-refractivity contribution in [1.82, 2.24) is 0 Å². The fourth-order valence-electron chi connectivity index (χ4n) is 2.56. The van der Waals surface area contributed by atoms with Gasteiger partial charge in [-0.3, -0.25) is 10.1 Å². The fourth-order valence-corrected chi connectivity index (χ4v) is 2.56. The van der Waals surface area contributed by atoms with Crippen LogP contribution in [0.25, 0.3) is 10.8 Å². The second kappa shape index (κ2) is 3.29. The molecule has 0 heterocycles. The molecule has 0 amide bonds. The molecule has 0 radical (unpaired) electrons. The van der Waals surface area contributed by atoms with Gasteiger partial charge in [-0.05, 0) is 35.4 Å². The quantitative estimate of drug-likeness (QED) is 0.552. The van der Waals surface area contributed by atoms with Crippen LogP contribution in [0.1, 0.15) is 16.7 Å². The number of hydrogen-bond acceptors (Lipinski definition) is 3. The summed E-state index contributed by atoms with van der Waals surface area (Å²) in [6, 6.07) is 8.94. The van der Waals surface area contributed by atoms with Crippen LogP contribution in [0, 0.1) is 21.4 Å². The Morgan fingerprint density at radius 1 is 1.12 bits per heavy atom. The number of nitriles is 1. The zero-order valence-corrected chi connectivity index (χ0v) is 8.93. The molecule has 0 N–H and O–H groups in total. The summed E-state index contributed by atoms with van der Waals surface area (Å²) in [5.74, 6) is 0. The van der Waals surface area contributed by atoms with Gasteiger partial charge in [-0.25, -0.2) is 0 Å². The smallest absolute Gasteiger partial charge is 0.258 e. The topological polar surface area (TPSA) is 66.9 Å². The third kappa shape index (κ3) is 1.23. The highest BCUT2D eigenvalue weighted by atomic mass is 16.6. The van der Waals surface area contributed by atoms with E-state index in [1.54, 1.807) is 12.1 Å². The summed E-state index contributed by atoms with van der Waals surface area (Å²) < 4.78 is 0. The minimum Gasteiger partial charge on any atom is -0.258 e. The minimum atomic E-state index is -0.415. The van der Waals surface area contributed by atoms with Gasteiger partial charge in [-0.15, -0.1) is 0 Å². The third-order valence-corrected chi connectivity index (χ3v) is 3.29. The summed E-state index contributed by atoms with van der Waals surface area (Å²) in [5.41, 5.74) is 2.64. The Kier molecular flexibility index (Phi) is 1.89. The highest BCUT2D eigenvalue weighted by molar-refractivity contribution is 6.00. The summed E-state index contributed by atoms with van der Waals surface area (Å²) in [6.45, 7) is 0. The highest BCUT2D eigenvalue weighted by Crippen LogP contribution is 2.37. The number of nitrogens with zero attached hydrogens (tertiary/aromatic N) is 2. The van der Waals surface area contributed by atoms with Gasteiger partial charge in [0.25, 0.3) is 5.69 Å². The molecule has 0 saturated heterocycles. The van der Waals surface area contributed by atoms with Crippen LogP contribution in [0.3, 0.4) is 0 Å². The van der Waals surface area contributed by atoms with Crippen LogP contribution in [0.4, 0.5) is 5.69 Å². The van der Waals surface area contributed by atoms with Crippen molar-refractivity contribution in [1.29, 1.82) is 5.26 Å². The molecule has 0 atom stereocenters. The maximum Gasteiger partial charge on any atom is 0.278 e. The van der Waals surface area contributed by atoms with Crippen LogP contribution in [0.15, 0.2) is 24.3 Å². The standard InChI is InChI=1S/C13H8N2O2/c14-7-10-4-3-8-1-2-9-5-6-11(15(16)17)13(10)12(8)9/h3-6H,1-2H2. The number of nitro groups is 1. The Bertz CT molecular complexity index is 688. The Hall–Kier alpha value is -2.41. The average Bonchev–Trinajstić information content (AvgIpc) is 2.75. The fraction of sp³-hybridized carbons (Fsp3) is 0.154. The normalized spacial score (nSPS) is 12.6. The van der Waals surface area contributed by atoms with Crippen molar-refractivity contribution in [3.8, 4) is 6.07 Å². The first-order valence-corrected chi connectivity index (χ1v) is 5.34. The SMILES string of the molecule is N#Cc1ccc2c3c(ccc([N+](=O)[O-])c13)CC2. The number of nitro benzene ring substituents is 1. The van der Waals surface area contributed by atoms with E-state index in [9.17, 15) is 10.1 Å². The van der Waals surface area contributed by atoms with Crippen LogP contribution in [-0.4, -0.2) is 4.92 Å². The lowest BCUT2D eigenvalue weighted by molar-refractivity contribution is -0.383. The van der Waals surface area contributed by atoms with E-state index in [-0.39, 0.29) is 5.69 Å². The van der Waals surface area contributed by atoms with Crippen molar-refractivity contribution in [2.45, 2.75) is 12.8 Å². The molecule has 0 aromatic heterocycles. The number of non-ortho nitro benzene ring substituents is 1. The number of benzene rings is 2. The molecule has 0 fully saturated rings. The van der Waals surface area contributed by atoms with Crippen molar-refractivity contribution >= 4 is 16.5 Å². The van der Waals surface area contributed by atoms with Gasteiger partial charge in [0, 0.05) is 6.07 Å². The molecule has 0 saturated carbocycles. The molecule has 82 valence electrons. The van der Waals surface area contributed by atoms with Crippen LogP contribution in [0.5, 0.6) is 0 Å². The summed E-state index contributed by atoms with van der Waals surface area (Å²) in [5, 5.41) is 21.5. The van der Waals surface area contributed by atoms with Gasteiger partial charge in [0.1, 0.15) is 6.07 Å². The van der Waals surface area contributed by atoms with Gasteiger partial charge < -0.3 is 0 Å². The maximum atomic E-state index is 11.0. The average molecular weight is 224 g/mol. The molecule has 17 heavy (non-hydrogen) atoms. The summed E-state index contributed by atoms with van der Waals surface area (Å²) in [7, 11) is 0. The number of rotatable bonds is 1. The predicted molar refractivity (Wildman–Crippen MR) is 62.7 cm³/mol. The lowest BCUT2D eigenvalue weighted by Crippen LogP contribution is -1.93. The van der Waals surface area contributed by atoms with E-state index in [4.69, 9.17) is 5.26 Å².